The summed E-state index contributed by atoms with van der Waals surface area (Å²) in [5.74, 6) is -3.38. The summed E-state index contributed by atoms with van der Waals surface area (Å²) in [7, 11) is 2.40. The zero-order chi connectivity index (χ0) is 12.3. The molecule has 0 radical (unpaired) electrons. The van der Waals surface area contributed by atoms with Crippen LogP contribution in [0, 0.1) is 0 Å². The molecule has 0 amide bonds. The van der Waals surface area contributed by atoms with Gasteiger partial charge in [-0.25, -0.2) is 0 Å². The molecule has 86 valence electrons. The maximum atomic E-state index is 10.7. The highest BCUT2D eigenvalue weighted by molar-refractivity contribution is 5.96. The van der Waals surface area contributed by atoms with Gasteiger partial charge in [-0.1, -0.05) is 0 Å². The molecule has 6 heteroatoms. The highest BCUT2D eigenvalue weighted by Crippen LogP contribution is 2.34. The van der Waals surface area contributed by atoms with Gasteiger partial charge in [0.15, 0.2) is 11.5 Å². The van der Waals surface area contributed by atoms with E-state index in [1.807, 2.05) is 0 Å². The monoisotopic (exact) mass is 224 g/mol. The van der Waals surface area contributed by atoms with Gasteiger partial charge in [-0.3, -0.25) is 0 Å². The van der Waals surface area contributed by atoms with E-state index in [2.05, 4.69) is 0 Å². The molecule has 16 heavy (non-hydrogen) atoms. The summed E-state index contributed by atoms with van der Waals surface area (Å²) in [4.78, 5) is 21.4. The summed E-state index contributed by atoms with van der Waals surface area (Å²) in [6, 6.07) is 2.11. The van der Waals surface area contributed by atoms with Crippen molar-refractivity contribution in [3.63, 3.8) is 0 Å². The van der Waals surface area contributed by atoms with Gasteiger partial charge in [0.1, 0.15) is 0 Å². The van der Waals surface area contributed by atoms with Crippen molar-refractivity contribution < 1.29 is 29.3 Å². The van der Waals surface area contributed by atoms with Crippen LogP contribution in [0.5, 0.6) is 11.5 Å². The van der Waals surface area contributed by atoms with Crippen molar-refractivity contribution in [3.8, 4) is 11.5 Å². The quantitative estimate of drug-likeness (QED) is 0.612. The van der Waals surface area contributed by atoms with E-state index in [9.17, 15) is 19.8 Å². The summed E-state index contributed by atoms with van der Waals surface area (Å²) in [5.41, 5.74) is -0.575. The van der Waals surface area contributed by atoms with E-state index in [1.54, 1.807) is 0 Å². The van der Waals surface area contributed by atoms with Gasteiger partial charge < -0.3 is 29.3 Å². The standard InChI is InChI=1S/C10H10O6/c1-15-7-5(9(11)12)3-4-6(10(13)14)8(7)16-2/h3-4H,1-2H3,(H,11,12)(H,13,14)/p-2. The summed E-state index contributed by atoms with van der Waals surface area (Å²) in [5, 5.41) is 21.4. The van der Waals surface area contributed by atoms with E-state index >= 15 is 0 Å². The SMILES string of the molecule is COc1c(C(=O)[O-])ccc(C(=O)[O-])c1OC. The maximum Gasteiger partial charge on any atom is 0.170 e. The van der Waals surface area contributed by atoms with Crippen LogP contribution in [0.3, 0.4) is 0 Å². The zero-order valence-electron chi connectivity index (χ0n) is 8.60. The molecular weight excluding hydrogens is 216 g/mol. The first-order valence-electron chi connectivity index (χ1n) is 4.20. The number of carboxylic acid groups (broad SMARTS) is 2. The van der Waals surface area contributed by atoms with Crippen LogP contribution < -0.4 is 19.7 Å². The molecule has 0 aromatic heterocycles. The fourth-order valence-electron chi connectivity index (χ4n) is 1.29. The minimum absolute atomic E-state index is 0.204. The topological polar surface area (TPSA) is 98.7 Å². The van der Waals surface area contributed by atoms with Crippen LogP contribution in [-0.4, -0.2) is 26.2 Å². The number of carboxylic acids is 2. The van der Waals surface area contributed by atoms with Crippen molar-refractivity contribution >= 4 is 11.9 Å². The van der Waals surface area contributed by atoms with E-state index in [-0.39, 0.29) is 22.6 Å². The molecule has 0 heterocycles. The maximum absolute atomic E-state index is 10.7. The Morgan fingerprint density at radius 2 is 1.25 bits per heavy atom. The van der Waals surface area contributed by atoms with Crippen molar-refractivity contribution in [1.82, 2.24) is 0 Å². The Balaban J connectivity index is 3.52. The second kappa shape index (κ2) is 4.52. The smallest absolute Gasteiger partial charge is 0.170 e. The van der Waals surface area contributed by atoms with Crippen LogP contribution >= 0.6 is 0 Å². The lowest BCUT2D eigenvalue weighted by atomic mass is 10.1. The van der Waals surface area contributed by atoms with Gasteiger partial charge in [0.25, 0.3) is 0 Å². The van der Waals surface area contributed by atoms with Crippen LogP contribution in [0.4, 0.5) is 0 Å². The Bertz CT molecular complexity index is 396. The molecule has 0 fully saturated rings. The van der Waals surface area contributed by atoms with Crippen molar-refractivity contribution in [2.75, 3.05) is 14.2 Å². The Hall–Kier alpha value is -2.24. The second-order valence-corrected chi connectivity index (χ2v) is 2.80. The van der Waals surface area contributed by atoms with E-state index in [4.69, 9.17) is 9.47 Å². The second-order valence-electron chi connectivity index (χ2n) is 2.80. The van der Waals surface area contributed by atoms with Crippen molar-refractivity contribution in [2.45, 2.75) is 0 Å². The number of aromatic carboxylic acids is 2. The van der Waals surface area contributed by atoms with Crippen molar-refractivity contribution in [1.29, 1.82) is 0 Å². The van der Waals surface area contributed by atoms with Gasteiger partial charge in [0.05, 0.1) is 26.2 Å². The number of rotatable bonds is 4. The Labute approximate surface area is 91.0 Å². The first-order valence-corrected chi connectivity index (χ1v) is 4.20. The lowest BCUT2D eigenvalue weighted by molar-refractivity contribution is -0.256. The summed E-state index contributed by atoms with van der Waals surface area (Å²) in [6.45, 7) is 0. The van der Waals surface area contributed by atoms with E-state index in [0.717, 1.165) is 12.1 Å². The van der Waals surface area contributed by atoms with E-state index in [0.29, 0.717) is 0 Å². The lowest BCUT2D eigenvalue weighted by Crippen LogP contribution is -2.26. The van der Waals surface area contributed by atoms with Gasteiger partial charge in [0, 0.05) is 11.1 Å². The molecule has 0 bridgehead atoms. The van der Waals surface area contributed by atoms with Crippen molar-refractivity contribution in [3.05, 3.63) is 23.3 Å². The molecule has 0 saturated carbocycles. The number of carbonyl (C=O) groups excluding carboxylic acids is 2. The molecule has 0 spiro atoms. The Morgan fingerprint density at radius 3 is 1.44 bits per heavy atom. The zero-order valence-corrected chi connectivity index (χ0v) is 8.60. The van der Waals surface area contributed by atoms with Gasteiger partial charge in [-0.15, -0.1) is 0 Å². The largest absolute Gasteiger partial charge is 0.545 e. The minimum atomic E-state index is -1.49. The number of carbonyl (C=O) groups is 2. The fraction of sp³-hybridized carbons (Fsp3) is 0.200. The molecular formula is C10H8O6-2. The number of hydrogen-bond acceptors (Lipinski definition) is 6. The van der Waals surface area contributed by atoms with E-state index < -0.39 is 11.9 Å². The Kier molecular flexibility index (Phi) is 3.34. The van der Waals surface area contributed by atoms with Gasteiger partial charge in [-0.05, 0) is 12.1 Å². The Morgan fingerprint density at radius 1 is 0.938 bits per heavy atom. The van der Waals surface area contributed by atoms with Gasteiger partial charge >= 0.3 is 0 Å². The molecule has 0 aliphatic carbocycles. The first kappa shape index (κ1) is 11.8. The highest BCUT2D eigenvalue weighted by Gasteiger charge is 2.15. The van der Waals surface area contributed by atoms with Crippen molar-refractivity contribution in [2.24, 2.45) is 0 Å². The lowest BCUT2D eigenvalue weighted by Gasteiger charge is -2.17. The van der Waals surface area contributed by atoms with Crippen LogP contribution in [0.1, 0.15) is 20.7 Å². The molecule has 0 aliphatic heterocycles. The molecule has 0 saturated heterocycles. The first-order chi connectivity index (χ1) is 7.52. The average molecular weight is 224 g/mol. The average Bonchev–Trinajstić information content (AvgIpc) is 2.26. The van der Waals surface area contributed by atoms with Crippen LogP contribution in [-0.2, 0) is 0 Å². The van der Waals surface area contributed by atoms with Crippen LogP contribution in [0.15, 0.2) is 12.1 Å². The predicted molar refractivity (Wildman–Crippen MR) is 48.2 cm³/mol. The molecule has 0 atom stereocenters. The van der Waals surface area contributed by atoms with Crippen LogP contribution in [0.25, 0.3) is 0 Å². The molecule has 0 aliphatic rings. The molecule has 1 rings (SSSR count). The highest BCUT2D eigenvalue weighted by atomic mass is 16.5. The molecule has 0 unspecified atom stereocenters. The number of ether oxygens (including phenoxy) is 2. The summed E-state index contributed by atoms with van der Waals surface area (Å²) >= 11 is 0. The molecule has 1 aromatic carbocycles. The minimum Gasteiger partial charge on any atom is -0.545 e. The third-order valence-electron chi connectivity index (χ3n) is 1.96. The van der Waals surface area contributed by atoms with Gasteiger partial charge in [-0.2, -0.15) is 0 Å². The van der Waals surface area contributed by atoms with E-state index in [1.165, 1.54) is 14.2 Å². The summed E-state index contributed by atoms with van der Waals surface area (Å²) < 4.78 is 9.57. The number of benzene rings is 1. The van der Waals surface area contributed by atoms with Crippen LogP contribution in [0.2, 0.25) is 0 Å². The van der Waals surface area contributed by atoms with Gasteiger partial charge in [0.2, 0.25) is 0 Å². The molecule has 6 nitrogen and oxygen atoms in total. The summed E-state index contributed by atoms with van der Waals surface area (Å²) in [6.07, 6.45) is 0. The third kappa shape index (κ3) is 1.90. The third-order valence-corrected chi connectivity index (χ3v) is 1.96. The molecule has 0 N–H and O–H groups in total. The normalized spacial score (nSPS) is 9.62. The predicted octanol–water partition coefficient (Wildman–Crippen LogP) is -1.57. The number of hydrogen-bond donors (Lipinski definition) is 0. The number of methoxy groups -OCH3 is 2. The molecule has 1 aromatic rings. The fourth-order valence-corrected chi connectivity index (χ4v) is 1.29.